The molecular formula is C13H24N2. The van der Waals surface area contributed by atoms with Crippen molar-refractivity contribution >= 4 is 6.34 Å². The molecule has 0 atom stereocenters. The average Bonchev–Trinajstić information content (AvgIpc) is 2.32. The molecule has 15 heavy (non-hydrogen) atoms. The fourth-order valence-corrected chi connectivity index (χ4v) is 2.75. The van der Waals surface area contributed by atoms with E-state index in [-0.39, 0.29) is 0 Å². The first-order chi connectivity index (χ1) is 7.45. The molecule has 2 fully saturated rings. The van der Waals surface area contributed by atoms with Crippen LogP contribution in [-0.2, 0) is 0 Å². The highest BCUT2D eigenvalue weighted by molar-refractivity contribution is 5.55. The van der Waals surface area contributed by atoms with Gasteiger partial charge in [-0.1, -0.05) is 38.5 Å². The van der Waals surface area contributed by atoms with Gasteiger partial charge < -0.3 is 5.32 Å². The van der Waals surface area contributed by atoms with Crippen LogP contribution in [0.2, 0.25) is 0 Å². The summed E-state index contributed by atoms with van der Waals surface area (Å²) in [6, 6.07) is 1.33. The number of nitrogens with one attached hydrogen (secondary N) is 1. The van der Waals surface area contributed by atoms with E-state index in [4.69, 9.17) is 0 Å². The molecule has 0 spiro atoms. The third-order valence-corrected chi connectivity index (χ3v) is 3.78. The quantitative estimate of drug-likeness (QED) is 0.558. The van der Waals surface area contributed by atoms with Gasteiger partial charge in [-0.25, -0.2) is 0 Å². The van der Waals surface area contributed by atoms with Gasteiger partial charge in [0.05, 0.1) is 12.4 Å². The number of nitrogens with zero attached hydrogens (tertiary/aromatic N) is 1. The minimum Gasteiger partial charge on any atom is -0.374 e. The Hall–Kier alpha value is -0.530. The molecule has 2 saturated carbocycles. The molecule has 0 bridgehead atoms. The van der Waals surface area contributed by atoms with E-state index < -0.39 is 0 Å². The zero-order valence-corrected chi connectivity index (χ0v) is 9.75. The van der Waals surface area contributed by atoms with E-state index in [1.807, 2.05) is 6.34 Å². The predicted molar refractivity (Wildman–Crippen MR) is 65.4 cm³/mol. The first-order valence-electron chi connectivity index (χ1n) is 6.73. The second-order valence-corrected chi connectivity index (χ2v) is 5.07. The van der Waals surface area contributed by atoms with E-state index in [1.165, 1.54) is 64.2 Å². The van der Waals surface area contributed by atoms with E-state index in [1.54, 1.807) is 0 Å². The SMILES string of the molecule is C(=N\C1CCCCC1)/NC1CCCCC1. The normalized spacial score (nSPS) is 25.9. The molecular weight excluding hydrogens is 184 g/mol. The molecule has 0 aliphatic heterocycles. The Morgan fingerprint density at radius 3 is 2.07 bits per heavy atom. The van der Waals surface area contributed by atoms with Crippen molar-refractivity contribution in [2.45, 2.75) is 76.3 Å². The lowest BCUT2D eigenvalue weighted by molar-refractivity contribution is 0.412. The third-order valence-electron chi connectivity index (χ3n) is 3.78. The molecule has 0 aromatic rings. The first-order valence-corrected chi connectivity index (χ1v) is 6.73. The molecule has 86 valence electrons. The highest BCUT2D eigenvalue weighted by atomic mass is 15.0. The predicted octanol–water partition coefficient (Wildman–Crippen LogP) is 3.27. The van der Waals surface area contributed by atoms with Crippen LogP contribution in [0.15, 0.2) is 4.99 Å². The zero-order valence-electron chi connectivity index (χ0n) is 9.75. The molecule has 0 unspecified atom stereocenters. The van der Waals surface area contributed by atoms with E-state index >= 15 is 0 Å². The maximum atomic E-state index is 4.64. The van der Waals surface area contributed by atoms with Crippen LogP contribution in [0.5, 0.6) is 0 Å². The fraction of sp³-hybridized carbons (Fsp3) is 0.923. The van der Waals surface area contributed by atoms with Gasteiger partial charge in [-0.05, 0) is 25.7 Å². The van der Waals surface area contributed by atoms with Crippen molar-refractivity contribution < 1.29 is 0 Å². The molecule has 0 heterocycles. The molecule has 0 saturated heterocycles. The van der Waals surface area contributed by atoms with Crippen LogP contribution in [-0.4, -0.2) is 18.4 Å². The van der Waals surface area contributed by atoms with Crippen LogP contribution in [0.1, 0.15) is 64.2 Å². The van der Waals surface area contributed by atoms with Crippen molar-refractivity contribution in [2.75, 3.05) is 0 Å². The van der Waals surface area contributed by atoms with Crippen LogP contribution in [0, 0.1) is 0 Å². The lowest BCUT2D eigenvalue weighted by Crippen LogP contribution is -2.30. The van der Waals surface area contributed by atoms with Crippen molar-refractivity contribution in [2.24, 2.45) is 4.99 Å². The fourth-order valence-electron chi connectivity index (χ4n) is 2.75. The van der Waals surface area contributed by atoms with Crippen molar-refractivity contribution in [3.05, 3.63) is 0 Å². The molecule has 2 aliphatic carbocycles. The number of rotatable bonds is 3. The van der Waals surface area contributed by atoms with Crippen LogP contribution in [0.25, 0.3) is 0 Å². The van der Waals surface area contributed by atoms with Gasteiger partial charge in [0.2, 0.25) is 0 Å². The summed E-state index contributed by atoms with van der Waals surface area (Å²) in [6.07, 6.45) is 15.7. The molecule has 0 aromatic heterocycles. The summed E-state index contributed by atoms with van der Waals surface area (Å²) in [4.78, 5) is 4.64. The molecule has 2 heteroatoms. The highest BCUT2D eigenvalue weighted by Crippen LogP contribution is 2.20. The van der Waals surface area contributed by atoms with Gasteiger partial charge in [0.15, 0.2) is 0 Å². The summed E-state index contributed by atoms with van der Waals surface area (Å²) in [5.41, 5.74) is 0. The van der Waals surface area contributed by atoms with Gasteiger partial charge >= 0.3 is 0 Å². The largest absolute Gasteiger partial charge is 0.374 e. The molecule has 2 nitrogen and oxygen atoms in total. The van der Waals surface area contributed by atoms with Gasteiger partial charge in [-0.15, -0.1) is 0 Å². The van der Waals surface area contributed by atoms with Crippen LogP contribution >= 0.6 is 0 Å². The molecule has 0 radical (unpaired) electrons. The van der Waals surface area contributed by atoms with Crippen molar-refractivity contribution in [1.29, 1.82) is 0 Å². The summed E-state index contributed by atoms with van der Waals surface area (Å²) >= 11 is 0. The Morgan fingerprint density at radius 1 is 0.800 bits per heavy atom. The minimum absolute atomic E-state index is 0.620. The second kappa shape index (κ2) is 6.14. The Bertz CT molecular complexity index is 189. The summed E-state index contributed by atoms with van der Waals surface area (Å²) < 4.78 is 0. The molecule has 2 aliphatic rings. The van der Waals surface area contributed by atoms with E-state index in [0.29, 0.717) is 12.1 Å². The smallest absolute Gasteiger partial charge is 0.0829 e. The lowest BCUT2D eigenvalue weighted by Gasteiger charge is -2.22. The van der Waals surface area contributed by atoms with Gasteiger partial charge in [0.25, 0.3) is 0 Å². The van der Waals surface area contributed by atoms with Gasteiger partial charge in [-0.2, -0.15) is 0 Å². The minimum atomic E-state index is 0.620. The lowest BCUT2D eigenvalue weighted by atomic mass is 9.95. The Balaban J connectivity index is 1.64. The maximum Gasteiger partial charge on any atom is 0.0829 e. The molecule has 0 aromatic carbocycles. The highest BCUT2D eigenvalue weighted by Gasteiger charge is 2.12. The van der Waals surface area contributed by atoms with E-state index in [0.717, 1.165) is 0 Å². The molecule has 1 N–H and O–H groups in total. The van der Waals surface area contributed by atoms with Gasteiger partial charge in [-0.3, -0.25) is 4.99 Å². The summed E-state index contributed by atoms with van der Waals surface area (Å²) in [7, 11) is 0. The Kier molecular flexibility index (Phi) is 4.49. The Labute approximate surface area is 93.6 Å². The Morgan fingerprint density at radius 2 is 1.40 bits per heavy atom. The second-order valence-electron chi connectivity index (χ2n) is 5.07. The van der Waals surface area contributed by atoms with E-state index in [9.17, 15) is 0 Å². The maximum absolute atomic E-state index is 4.64. The van der Waals surface area contributed by atoms with Gasteiger partial charge in [0.1, 0.15) is 0 Å². The van der Waals surface area contributed by atoms with Crippen LogP contribution < -0.4 is 5.32 Å². The van der Waals surface area contributed by atoms with Crippen molar-refractivity contribution in [3.8, 4) is 0 Å². The van der Waals surface area contributed by atoms with Crippen molar-refractivity contribution in [1.82, 2.24) is 5.32 Å². The number of hydrogen-bond donors (Lipinski definition) is 1. The topological polar surface area (TPSA) is 24.4 Å². The number of aliphatic imine (C=N–C) groups is 1. The number of hydrogen-bond acceptors (Lipinski definition) is 1. The van der Waals surface area contributed by atoms with Crippen LogP contribution in [0.4, 0.5) is 0 Å². The summed E-state index contributed by atoms with van der Waals surface area (Å²) in [5, 5.41) is 3.48. The summed E-state index contributed by atoms with van der Waals surface area (Å²) in [5.74, 6) is 0. The summed E-state index contributed by atoms with van der Waals surface area (Å²) in [6.45, 7) is 0. The van der Waals surface area contributed by atoms with Crippen LogP contribution in [0.3, 0.4) is 0 Å². The van der Waals surface area contributed by atoms with Gasteiger partial charge in [0, 0.05) is 6.04 Å². The first kappa shape index (κ1) is 11.0. The average molecular weight is 208 g/mol. The monoisotopic (exact) mass is 208 g/mol. The van der Waals surface area contributed by atoms with Crippen molar-refractivity contribution in [3.63, 3.8) is 0 Å². The molecule has 2 rings (SSSR count). The standard InChI is InChI=1S/C13H24N2/c1-3-7-12(8-4-1)14-11-15-13-9-5-2-6-10-13/h11-13H,1-10H2,(H,14,15). The molecule has 0 amide bonds. The van der Waals surface area contributed by atoms with E-state index in [2.05, 4.69) is 10.3 Å². The zero-order chi connectivity index (χ0) is 10.3. The third kappa shape index (κ3) is 3.84.